The van der Waals surface area contributed by atoms with Crippen molar-refractivity contribution in [3.8, 4) is 5.75 Å². The molecule has 1 aliphatic rings. The molecule has 0 aliphatic carbocycles. The molecule has 1 saturated heterocycles. The minimum Gasteiger partial charge on any atom is -0.492 e. The Morgan fingerprint density at radius 3 is 3.06 bits per heavy atom. The summed E-state index contributed by atoms with van der Waals surface area (Å²) in [5.74, 6) is 0.621. The van der Waals surface area contributed by atoms with Gasteiger partial charge in [-0.15, -0.1) is 0 Å². The van der Waals surface area contributed by atoms with Gasteiger partial charge in [0.1, 0.15) is 12.0 Å². The number of benzene rings is 1. The predicted octanol–water partition coefficient (Wildman–Crippen LogP) is 3.10. The maximum absolute atomic E-state index is 10.5. The summed E-state index contributed by atoms with van der Waals surface area (Å²) in [5.41, 5.74) is 0.557. The second kappa shape index (κ2) is 6.03. The molecule has 0 radical (unpaired) electrons. The van der Waals surface area contributed by atoms with Gasteiger partial charge in [-0.3, -0.25) is 4.79 Å². The van der Waals surface area contributed by atoms with Crippen molar-refractivity contribution in [3.63, 3.8) is 0 Å². The molecule has 92 valence electrons. The number of aldehydes is 1. The third kappa shape index (κ3) is 3.45. The van der Waals surface area contributed by atoms with Gasteiger partial charge in [-0.05, 0) is 31.0 Å². The second-order valence-electron chi connectivity index (χ2n) is 4.08. The van der Waals surface area contributed by atoms with Crippen LogP contribution >= 0.6 is 11.6 Å². The Hall–Kier alpha value is -1.06. The summed E-state index contributed by atoms with van der Waals surface area (Å²) < 4.78 is 11.1. The first kappa shape index (κ1) is 12.4. The molecule has 0 aromatic heterocycles. The van der Waals surface area contributed by atoms with Crippen LogP contribution in [0.5, 0.6) is 5.75 Å². The number of hydrogen-bond acceptors (Lipinski definition) is 3. The molecular weight excluding hydrogens is 240 g/mol. The van der Waals surface area contributed by atoms with Gasteiger partial charge < -0.3 is 9.47 Å². The zero-order chi connectivity index (χ0) is 12.1. The fourth-order valence-electron chi connectivity index (χ4n) is 1.88. The van der Waals surface area contributed by atoms with Crippen molar-refractivity contribution in [1.29, 1.82) is 0 Å². The number of carbonyl (C=O) groups is 1. The fourth-order valence-corrected chi connectivity index (χ4v) is 2.12. The van der Waals surface area contributed by atoms with Crippen LogP contribution in [0, 0.1) is 0 Å². The van der Waals surface area contributed by atoms with E-state index in [1.165, 1.54) is 0 Å². The normalized spacial score (nSPS) is 19.2. The maximum atomic E-state index is 10.5. The van der Waals surface area contributed by atoms with Crippen molar-refractivity contribution in [1.82, 2.24) is 0 Å². The summed E-state index contributed by atoms with van der Waals surface area (Å²) in [7, 11) is 0. The van der Waals surface area contributed by atoms with Gasteiger partial charge in [0.05, 0.1) is 17.7 Å². The number of ether oxygens (including phenoxy) is 2. The van der Waals surface area contributed by atoms with Crippen molar-refractivity contribution in [2.45, 2.75) is 25.4 Å². The van der Waals surface area contributed by atoms with E-state index in [1.54, 1.807) is 18.2 Å². The highest BCUT2D eigenvalue weighted by molar-refractivity contribution is 6.32. The molecule has 0 saturated carbocycles. The van der Waals surface area contributed by atoms with Crippen LogP contribution < -0.4 is 4.74 Å². The number of halogens is 1. The average Bonchev–Trinajstić information content (AvgIpc) is 2.84. The Morgan fingerprint density at radius 2 is 2.41 bits per heavy atom. The van der Waals surface area contributed by atoms with Gasteiger partial charge in [0.15, 0.2) is 0 Å². The Morgan fingerprint density at radius 1 is 1.53 bits per heavy atom. The number of rotatable bonds is 5. The van der Waals surface area contributed by atoms with Gasteiger partial charge in [0.25, 0.3) is 0 Å². The number of carbonyl (C=O) groups excluding carboxylic acids is 1. The van der Waals surface area contributed by atoms with Gasteiger partial charge in [-0.1, -0.05) is 11.6 Å². The highest BCUT2D eigenvalue weighted by Crippen LogP contribution is 2.25. The van der Waals surface area contributed by atoms with E-state index >= 15 is 0 Å². The first-order chi connectivity index (χ1) is 8.29. The van der Waals surface area contributed by atoms with E-state index in [4.69, 9.17) is 21.1 Å². The Balaban J connectivity index is 1.83. The highest BCUT2D eigenvalue weighted by Gasteiger charge is 2.15. The van der Waals surface area contributed by atoms with Crippen LogP contribution in [0.1, 0.15) is 29.6 Å². The minimum absolute atomic E-state index is 0.322. The molecule has 17 heavy (non-hydrogen) atoms. The van der Waals surface area contributed by atoms with Crippen LogP contribution in [0.2, 0.25) is 5.02 Å². The summed E-state index contributed by atoms with van der Waals surface area (Å²) in [6, 6.07) is 5.03. The smallest absolute Gasteiger partial charge is 0.150 e. The van der Waals surface area contributed by atoms with Crippen molar-refractivity contribution in [2.24, 2.45) is 0 Å². The lowest BCUT2D eigenvalue weighted by Gasteiger charge is -2.11. The lowest BCUT2D eigenvalue weighted by molar-refractivity contribution is 0.0904. The molecule has 0 amide bonds. The molecule has 1 fully saturated rings. The Bertz CT molecular complexity index is 386. The van der Waals surface area contributed by atoms with Gasteiger partial charge in [-0.25, -0.2) is 0 Å². The third-order valence-electron chi connectivity index (χ3n) is 2.81. The molecule has 1 atom stereocenters. The van der Waals surface area contributed by atoms with Gasteiger partial charge >= 0.3 is 0 Å². The van der Waals surface area contributed by atoms with E-state index in [9.17, 15) is 4.79 Å². The van der Waals surface area contributed by atoms with Gasteiger partial charge in [0.2, 0.25) is 0 Å². The third-order valence-corrected chi connectivity index (χ3v) is 3.11. The van der Waals surface area contributed by atoms with E-state index < -0.39 is 0 Å². The van der Waals surface area contributed by atoms with Crippen molar-refractivity contribution in [2.75, 3.05) is 13.2 Å². The Kier molecular flexibility index (Phi) is 4.40. The quantitative estimate of drug-likeness (QED) is 0.758. The molecule has 0 N–H and O–H groups in total. The van der Waals surface area contributed by atoms with Gasteiger partial charge in [0, 0.05) is 18.6 Å². The zero-order valence-corrected chi connectivity index (χ0v) is 10.3. The molecule has 4 heteroatoms. The van der Waals surface area contributed by atoms with E-state index in [0.29, 0.717) is 29.0 Å². The van der Waals surface area contributed by atoms with Gasteiger partial charge in [-0.2, -0.15) is 0 Å². The Labute approximate surface area is 106 Å². The lowest BCUT2D eigenvalue weighted by atomic mass is 10.2. The molecule has 2 rings (SSSR count). The molecule has 0 spiro atoms. The first-order valence-electron chi connectivity index (χ1n) is 5.79. The summed E-state index contributed by atoms with van der Waals surface area (Å²) >= 11 is 5.99. The van der Waals surface area contributed by atoms with E-state index in [1.807, 2.05) is 0 Å². The van der Waals surface area contributed by atoms with Crippen LogP contribution in [0.25, 0.3) is 0 Å². The van der Waals surface area contributed by atoms with Crippen LogP contribution in [0.4, 0.5) is 0 Å². The monoisotopic (exact) mass is 254 g/mol. The molecule has 1 unspecified atom stereocenters. The standard InChI is InChI=1S/C13H15ClO3/c14-12-8-10(9-15)3-4-13(12)17-7-5-11-2-1-6-16-11/h3-4,8-9,11H,1-2,5-7H2. The summed E-state index contributed by atoms with van der Waals surface area (Å²) in [6.45, 7) is 1.45. The molecule has 1 aliphatic heterocycles. The molecule has 1 aromatic carbocycles. The predicted molar refractivity (Wildman–Crippen MR) is 65.9 cm³/mol. The van der Waals surface area contributed by atoms with Crippen LogP contribution in [0.15, 0.2) is 18.2 Å². The molecule has 3 nitrogen and oxygen atoms in total. The second-order valence-corrected chi connectivity index (χ2v) is 4.49. The number of hydrogen-bond donors (Lipinski definition) is 0. The minimum atomic E-state index is 0.322. The van der Waals surface area contributed by atoms with E-state index in [-0.39, 0.29) is 0 Å². The van der Waals surface area contributed by atoms with Crippen molar-refractivity contribution in [3.05, 3.63) is 28.8 Å². The summed E-state index contributed by atoms with van der Waals surface area (Å²) in [4.78, 5) is 10.5. The molecule has 0 bridgehead atoms. The van der Waals surface area contributed by atoms with Crippen LogP contribution in [0.3, 0.4) is 0 Å². The van der Waals surface area contributed by atoms with E-state index in [0.717, 1.165) is 32.2 Å². The fraction of sp³-hybridized carbons (Fsp3) is 0.462. The highest BCUT2D eigenvalue weighted by atomic mass is 35.5. The topological polar surface area (TPSA) is 35.5 Å². The molecular formula is C13H15ClO3. The summed E-state index contributed by atoms with van der Waals surface area (Å²) in [5, 5.41) is 0.474. The average molecular weight is 255 g/mol. The van der Waals surface area contributed by atoms with Crippen molar-refractivity contribution >= 4 is 17.9 Å². The van der Waals surface area contributed by atoms with Crippen LogP contribution in [-0.4, -0.2) is 25.6 Å². The maximum Gasteiger partial charge on any atom is 0.150 e. The largest absolute Gasteiger partial charge is 0.492 e. The zero-order valence-electron chi connectivity index (χ0n) is 9.52. The SMILES string of the molecule is O=Cc1ccc(OCCC2CCCO2)c(Cl)c1. The lowest BCUT2D eigenvalue weighted by Crippen LogP contribution is -2.10. The van der Waals surface area contributed by atoms with E-state index in [2.05, 4.69) is 0 Å². The van der Waals surface area contributed by atoms with Crippen LogP contribution in [-0.2, 0) is 4.74 Å². The first-order valence-corrected chi connectivity index (χ1v) is 6.16. The van der Waals surface area contributed by atoms with Crippen molar-refractivity contribution < 1.29 is 14.3 Å². The molecule has 1 heterocycles. The summed E-state index contributed by atoms with van der Waals surface area (Å²) in [6.07, 6.45) is 4.22. The molecule has 1 aromatic rings.